The van der Waals surface area contributed by atoms with Gasteiger partial charge >= 0.3 is 6.03 Å². The third-order valence-electron chi connectivity index (χ3n) is 2.48. The summed E-state index contributed by atoms with van der Waals surface area (Å²) in [5, 5.41) is 3.70. The maximum atomic E-state index is 10.5. The third-order valence-corrected chi connectivity index (χ3v) is 2.48. The number of hydrazone groups is 1. The molecule has 0 unspecified atom stereocenters. The van der Waals surface area contributed by atoms with Crippen molar-refractivity contribution in [1.29, 1.82) is 0 Å². The Morgan fingerprint density at radius 3 is 2.74 bits per heavy atom. The van der Waals surface area contributed by atoms with E-state index in [2.05, 4.69) is 10.5 Å². The van der Waals surface area contributed by atoms with Crippen molar-refractivity contribution < 1.29 is 19.0 Å². The molecule has 19 heavy (non-hydrogen) atoms. The fraction of sp³-hybridized carbons (Fsp3) is 0.333. The number of urea groups is 1. The van der Waals surface area contributed by atoms with Gasteiger partial charge in [0.05, 0.1) is 26.5 Å². The predicted molar refractivity (Wildman–Crippen MR) is 68.9 cm³/mol. The summed E-state index contributed by atoms with van der Waals surface area (Å²) in [6, 6.07) is 2.74. The van der Waals surface area contributed by atoms with Crippen LogP contribution in [-0.4, -0.2) is 32.6 Å². The van der Waals surface area contributed by atoms with Gasteiger partial charge < -0.3 is 19.9 Å². The van der Waals surface area contributed by atoms with Gasteiger partial charge in [-0.3, -0.25) is 0 Å². The molecule has 3 N–H and O–H groups in total. The topological polar surface area (TPSA) is 95.2 Å². The van der Waals surface area contributed by atoms with Crippen molar-refractivity contribution in [1.82, 2.24) is 5.43 Å². The van der Waals surface area contributed by atoms with Crippen molar-refractivity contribution >= 4 is 12.2 Å². The minimum absolute atomic E-state index is 0.569. The van der Waals surface area contributed by atoms with Crippen LogP contribution in [0.3, 0.4) is 0 Å². The molecule has 2 amide bonds. The monoisotopic (exact) mass is 265 g/mol. The van der Waals surface area contributed by atoms with Gasteiger partial charge in [0, 0.05) is 18.1 Å². The molecule has 0 fully saturated rings. The number of carbonyl (C=O) groups excluding carboxylic acids is 1. The summed E-state index contributed by atoms with van der Waals surface area (Å²) in [5.41, 5.74) is 7.69. The Morgan fingerprint density at radius 2 is 2.11 bits per heavy atom. The molecule has 0 saturated heterocycles. The van der Waals surface area contributed by atoms with Gasteiger partial charge in [-0.2, -0.15) is 5.10 Å². The molecular weight excluding hydrogens is 250 g/mol. The summed E-state index contributed by atoms with van der Waals surface area (Å²) in [6.45, 7) is 1.20. The lowest BCUT2D eigenvalue weighted by Crippen LogP contribution is -2.24. The van der Waals surface area contributed by atoms with E-state index in [1.807, 2.05) is 0 Å². The second-order valence-corrected chi connectivity index (χ2v) is 3.83. The van der Waals surface area contributed by atoms with Crippen LogP contribution in [-0.2, 0) is 0 Å². The highest BCUT2D eigenvalue weighted by atomic mass is 16.5. The van der Waals surface area contributed by atoms with E-state index >= 15 is 0 Å². The van der Waals surface area contributed by atoms with Crippen LogP contribution in [0, 0.1) is 0 Å². The summed E-state index contributed by atoms with van der Waals surface area (Å²) in [4.78, 5) is 10.5. The Morgan fingerprint density at radius 1 is 1.42 bits per heavy atom. The van der Waals surface area contributed by atoms with Crippen molar-refractivity contribution in [3.05, 3.63) is 17.7 Å². The van der Waals surface area contributed by atoms with Crippen molar-refractivity contribution in [2.45, 2.75) is 6.42 Å². The molecule has 0 saturated carbocycles. The summed E-state index contributed by atoms with van der Waals surface area (Å²) in [6.07, 6.45) is 2.25. The molecule has 1 aliphatic rings. The minimum atomic E-state index is -0.732. The molecule has 7 heteroatoms. The number of methoxy groups -OCH3 is 1. The normalized spacial score (nSPS) is 13.9. The third kappa shape index (κ3) is 3.27. The Hall–Kier alpha value is -2.44. The summed E-state index contributed by atoms with van der Waals surface area (Å²) in [5.74, 6) is 1.83. The van der Waals surface area contributed by atoms with Gasteiger partial charge in [-0.1, -0.05) is 0 Å². The molecule has 102 valence electrons. The number of nitrogens with one attached hydrogen (secondary N) is 1. The Balaban J connectivity index is 2.29. The van der Waals surface area contributed by atoms with Crippen molar-refractivity contribution in [2.75, 3.05) is 20.3 Å². The van der Waals surface area contributed by atoms with Gasteiger partial charge in [-0.05, 0) is 6.07 Å². The van der Waals surface area contributed by atoms with E-state index in [9.17, 15) is 4.79 Å². The van der Waals surface area contributed by atoms with Gasteiger partial charge in [-0.25, -0.2) is 10.2 Å². The molecular formula is C12H15N3O4. The maximum Gasteiger partial charge on any atom is 0.332 e. The first kappa shape index (κ1) is 13.0. The second-order valence-electron chi connectivity index (χ2n) is 3.83. The maximum absolute atomic E-state index is 10.5. The number of nitrogens with two attached hydrogens (primary N) is 1. The van der Waals surface area contributed by atoms with E-state index in [1.165, 1.54) is 13.3 Å². The van der Waals surface area contributed by atoms with Crippen LogP contribution in [0.15, 0.2) is 17.2 Å². The number of carbonyl (C=O) groups is 1. The minimum Gasteiger partial charge on any atom is -0.496 e. The number of ether oxygens (including phenoxy) is 3. The van der Waals surface area contributed by atoms with Crippen molar-refractivity contribution in [2.24, 2.45) is 10.8 Å². The summed E-state index contributed by atoms with van der Waals surface area (Å²) >= 11 is 0. The number of nitrogens with zero attached hydrogens (tertiary/aromatic N) is 1. The highest BCUT2D eigenvalue weighted by Gasteiger charge is 2.14. The van der Waals surface area contributed by atoms with Crippen LogP contribution in [0.2, 0.25) is 0 Å². The van der Waals surface area contributed by atoms with Gasteiger partial charge in [-0.15, -0.1) is 0 Å². The number of hydrogen-bond donors (Lipinski definition) is 2. The number of fused-ring (bicyclic) bond motifs is 1. The Kier molecular flexibility index (Phi) is 4.07. The number of amides is 2. The smallest absolute Gasteiger partial charge is 0.332 e. The first-order chi connectivity index (χ1) is 9.20. The highest BCUT2D eigenvalue weighted by molar-refractivity contribution is 5.86. The van der Waals surface area contributed by atoms with E-state index in [-0.39, 0.29) is 0 Å². The van der Waals surface area contributed by atoms with Crippen LogP contribution in [0.1, 0.15) is 12.0 Å². The molecule has 0 aliphatic carbocycles. The van der Waals surface area contributed by atoms with E-state index in [0.29, 0.717) is 36.0 Å². The van der Waals surface area contributed by atoms with Crippen LogP contribution in [0.25, 0.3) is 0 Å². The molecule has 0 bridgehead atoms. The quantitative estimate of drug-likeness (QED) is 0.626. The largest absolute Gasteiger partial charge is 0.496 e. The van der Waals surface area contributed by atoms with Crippen LogP contribution >= 0.6 is 0 Å². The van der Waals surface area contributed by atoms with E-state index in [0.717, 1.165) is 6.42 Å². The summed E-state index contributed by atoms with van der Waals surface area (Å²) in [7, 11) is 1.54. The van der Waals surface area contributed by atoms with Gasteiger partial charge in [0.1, 0.15) is 5.75 Å². The fourth-order valence-electron chi connectivity index (χ4n) is 1.65. The Bertz CT molecular complexity index is 502. The van der Waals surface area contributed by atoms with E-state index in [4.69, 9.17) is 19.9 Å². The molecule has 7 nitrogen and oxygen atoms in total. The standard InChI is InChI=1S/C12H15N3O4/c1-17-9-6-11-10(18-3-2-4-19-11)5-8(9)7-14-15-12(13)16/h5-7H,2-4H2,1H3,(H3,13,15,16). The zero-order chi connectivity index (χ0) is 13.7. The lowest BCUT2D eigenvalue weighted by molar-refractivity contribution is 0.249. The molecule has 0 aromatic heterocycles. The predicted octanol–water partition coefficient (Wildman–Crippen LogP) is 0.859. The zero-order valence-electron chi connectivity index (χ0n) is 10.5. The average Bonchev–Trinajstić information content (AvgIpc) is 2.62. The lowest BCUT2D eigenvalue weighted by Gasteiger charge is -2.11. The molecule has 0 radical (unpaired) electrons. The molecule has 1 aromatic carbocycles. The van der Waals surface area contributed by atoms with Gasteiger partial charge in [0.15, 0.2) is 11.5 Å². The first-order valence-electron chi connectivity index (χ1n) is 5.77. The molecule has 1 aromatic rings. The molecule has 1 heterocycles. The number of benzene rings is 1. The lowest BCUT2D eigenvalue weighted by atomic mass is 10.2. The molecule has 2 rings (SSSR count). The molecule has 0 atom stereocenters. The highest BCUT2D eigenvalue weighted by Crippen LogP contribution is 2.35. The van der Waals surface area contributed by atoms with Gasteiger partial charge in [0.25, 0.3) is 0 Å². The summed E-state index contributed by atoms with van der Waals surface area (Å²) < 4.78 is 16.4. The van der Waals surface area contributed by atoms with Crippen LogP contribution < -0.4 is 25.4 Å². The number of hydrogen-bond acceptors (Lipinski definition) is 5. The van der Waals surface area contributed by atoms with E-state index < -0.39 is 6.03 Å². The molecule has 0 spiro atoms. The number of rotatable bonds is 3. The zero-order valence-corrected chi connectivity index (χ0v) is 10.5. The second kappa shape index (κ2) is 5.94. The van der Waals surface area contributed by atoms with Crippen LogP contribution in [0.4, 0.5) is 4.79 Å². The fourth-order valence-corrected chi connectivity index (χ4v) is 1.65. The SMILES string of the molecule is COc1cc2c(cc1C=NNC(N)=O)OCCCO2. The van der Waals surface area contributed by atoms with E-state index in [1.54, 1.807) is 12.1 Å². The number of primary amides is 1. The van der Waals surface area contributed by atoms with Crippen molar-refractivity contribution in [3.63, 3.8) is 0 Å². The van der Waals surface area contributed by atoms with Crippen molar-refractivity contribution in [3.8, 4) is 17.2 Å². The Labute approximate surface area is 110 Å². The first-order valence-corrected chi connectivity index (χ1v) is 5.77. The average molecular weight is 265 g/mol. The van der Waals surface area contributed by atoms with Crippen LogP contribution in [0.5, 0.6) is 17.2 Å². The molecule has 1 aliphatic heterocycles. The van der Waals surface area contributed by atoms with Gasteiger partial charge in [0.2, 0.25) is 0 Å².